The molecule has 5 rings (SSSR count). The van der Waals surface area contributed by atoms with Crippen LogP contribution in [0.1, 0.15) is 0 Å². The molecule has 0 bridgehead atoms. The van der Waals surface area contributed by atoms with Gasteiger partial charge < -0.3 is 4.42 Å². The minimum Gasteiger partial charge on any atom is -0.454 e. The predicted molar refractivity (Wildman–Crippen MR) is 108 cm³/mol. The second kappa shape index (κ2) is 6.34. The van der Waals surface area contributed by atoms with Crippen LogP contribution in [0.4, 0.5) is 0 Å². The first kappa shape index (κ1) is 16.2. The maximum Gasteiger partial charge on any atom is 0.226 e. The van der Waals surface area contributed by atoms with Crippen molar-refractivity contribution in [2.24, 2.45) is 0 Å². The van der Waals surface area contributed by atoms with E-state index < -0.39 is 0 Å². The average Bonchev–Trinajstić information content (AvgIpc) is 3.08. The summed E-state index contributed by atoms with van der Waals surface area (Å²) in [5.41, 5.74) is 3.05. The van der Waals surface area contributed by atoms with Crippen LogP contribution < -0.4 is 0 Å². The summed E-state index contributed by atoms with van der Waals surface area (Å²) in [5, 5.41) is 2.51. The van der Waals surface area contributed by atoms with E-state index in [2.05, 4.69) is 15.0 Å². The van der Waals surface area contributed by atoms with Gasteiger partial charge in [0, 0.05) is 21.9 Å². The van der Waals surface area contributed by atoms with Crippen molar-refractivity contribution in [2.75, 3.05) is 0 Å². The van der Waals surface area contributed by atoms with Crippen LogP contribution in [0.15, 0.2) is 71.1 Å². The molecular weight excluding hydrogens is 381 g/mol. The molecular formula is C21H11Cl2N3O. The molecule has 5 aromatic rings. The molecule has 0 saturated carbocycles. The molecule has 0 aliphatic heterocycles. The highest BCUT2D eigenvalue weighted by atomic mass is 35.5. The molecule has 0 aliphatic rings. The average molecular weight is 392 g/mol. The standard InChI is InChI=1S/C21H11Cl2N3O/c22-15-10-4-8-13-17-14(9-5-11-16(17)27-18(13)15)20-24-19(25-21(23)26-20)12-6-2-1-3-7-12/h1-11H. The van der Waals surface area contributed by atoms with E-state index in [9.17, 15) is 0 Å². The molecule has 0 fully saturated rings. The number of fused-ring (bicyclic) bond motifs is 3. The highest BCUT2D eigenvalue weighted by Crippen LogP contribution is 2.38. The minimum absolute atomic E-state index is 0.140. The molecule has 0 aliphatic carbocycles. The summed E-state index contributed by atoms with van der Waals surface area (Å²) in [5.74, 6) is 1.01. The van der Waals surface area contributed by atoms with E-state index in [1.54, 1.807) is 6.07 Å². The number of benzene rings is 3. The van der Waals surface area contributed by atoms with Crippen molar-refractivity contribution in [1.82, 2.24) is 15.0 Å². The van der Waals surface area contributed by atoms with E-state index in [1.165, 1.54) is 0 Å². The van der Waals surface area contributed by atoms with Crippen molar-refractivity contribution in [2.45, 2.75) is 0 Å². The molecule has 27 heavy (non-hydrogen) atoms. The first-order valence-corrected chi connectivity index (χ1v) is 9.03. The van der Waals surface area contributed by atoms with Gasteiger partial charge >= 0.3 is 0 Å². The number of aromatic nitrogens is 3. The third-order valence-corrected chi connectivity index (χ3v) is 4.82. The quantitative estimate of drug-likeness (QED) is 0.348. The topological polar surface area (TPSA) is 51.8 Å². The molecule has 3 aromatic carbocycles. The van der Waals surface area contributed by atoms with Gasteiger partial charge in [-0.3, -0.25) is 0 Å². The lowest BCUT2D eigenvalue weighted by atomic mass is 10.1. The number of para-hydroxylation sites is 1. The Morgan fingerprint density at radius 1 is 0.704 bits per heavy atom. The van der Waals surface area contributed by atoms with Gasteiger partial charge in [0.15, 0.2) is 17.2 Å². The fourth-order valence-corrected chi connectivity index (χ4v) is 3.56. The summed E-state index contributed by atoms with van der Waals surface area (Å²) in [4.78, 5) is 13.3. The normalized spacial score (nSPS) is 11.3. The van der Waals surface area contributed by atoms with Gasteiger partial charge in [0.2, 0.25) is 5.28 Å². The van der Waals surface area contributed by atoms with Crippen LogP contribution in [0.2, 0.25) is 10.3 Å². The highest BCUT2D eigenvalue weighted by Gasteiger charge is 2.17. The van der Waals surface area contributed by atoms with Gasteiger partial charge in [0.1, 0.15) is 5.58 Å². The second-order valence-corrected chi connectivity index (χ2v) is 6.76. The minimum atomic E-state index is 0.140. The van der Waals surface area contributed by atoms with Crippen LogP contribution in [0.3, 0.4) is 0 Å². The summed E-state index contributed by atoms with van der Waals surface area (Å²) < 4.78 is 5.95. The van der Waals surface area contributed by atoms with E-state index in [4.69, 9.17) is 27.6 Å². The Morgan fingerprint density at radius 2 is 1.48 bits per heavy atom. The Bertz CT molecular complexity index is 1300. The summed E-state index contributed by atoms with van der Waals surface area (Å²) >= 11 is 12.5. The van der Waals surface area contributed by atoms with Gasteiger partial charge in [0.05, 0.1) is 5.02 Å². The maximum absolute atomic E-state index is 6.30. The SMILES string of the molecule is Clc1nc(-c2ccccc2)nc(-c2cccc3oc4c(Cl)cccc4c23)n1. The molecule has 6 heteroatoms. The zero-order valence-corrected chi connectivity index (χ0v) is 15.4. The zero-order chi connectivity index (χ0) is 18.4. The number of furan rings is 1. The van der Waals surface area contributed by atoms with Gasteiger partial charge in [-0.25, -0.2) is 4.98 Å². The summed E-state index contributed by atoms with van der Waals surface area (Å²) in [6.45, 7) is 0. The third-order valence-electron chi connectivity index (χ3n) is 4.36. The Balaban J connectivity index is 1.81. The smallest absolute Gasteiger partial charge is 0.226 e. The van der Waals surface area contributed by atoms with Gasteiger partial charge in [-0.15, -0.1) is 0 Å². The van der Waals surface area contributed by atoms with Crippen molar-refractivity contribution in [3.05, 3.63) is 77.0 Å². The van der Waals surface area contributed by atoms with Crippen LogP contribution in [0.5, 0.6) is 0 Å². The van der Waals surface area contributed by atoms with Crippen LogP contribution in [0, 0.1) is 0 Å². The van der Waals surface area contributed by atoms with Gasteiger partial charge in [-0.05, 0) is 23.7 Å². The fraction of sp³-hybridized carbons (Fsp3) is 0. The van der Waals surface area contributed by atoms with E-state index in [0.717, 1.165) is 21.9 Å². The molecule has 0 saturated heterocycles. The lowest BCUT2D eigenvalue weighted by Crippen LogP contribution is -1.97. The molecule has 0 spiro atoms. The summed E-state index contributed by atoms with van der Waals surface area (Å²) in [6, 6.07) is 21.1. The molecule has 2 aromatic heterocycles. The van der Waals surface area contributed by atoms with Crippen LogP contribution >= 0.6 is 23.2 Å². The monoisotopic (exact) mass is 391 g/mol. The van der Waals surface area contributed by atoms with Crippen molar-refractivity contribution in [1.29, 1.82) is 0 Å². The van der Waals surface area contributed by atoms with Crippen molar-refractivity contribution in [3.8, 4) is 22.8 Å². The zero-order valence-electron chi connectivity index (χ0n) is 13.9. The number of hydrogen-bond donors (Lipinski definition) is 0. The highest BCUT2D eigenvalue weighted by molar-refractivity contribution is 6.36. The first-order valence-electron chi connectivity index (χ1n) is 8.28. The van der Waals surface area contributed by atoms with Crippen LogP contribution in [-0.4, -0.2) is 15.0 Å². The Kier molecular flexibility index (Phi) is 3.81. The molecule has 130 valence electrons. The van der Waals surface area contributed by atoms with E-state index in [1.807, 2.05) is 60.7 Å². The van der Waals surface area contributed by atoms with E-state index >= 15 is 0 Å². The summed E-state index contributed by atoms with van der Waals surface area (Å²) in [7, 11) is 0. The molecule has 4 nitrogen and oxygen atoms in total. The number of halogens is 2. The van der Waals surface area contributed by atoms with Gasteiger partial charge in [-0.2, -0.15) is 9.97 Å². The maximum atomic E-state index is 6.30. The van der Waals surface area contributed by atoms with Gasteiger partial charge in [0.25, 0.3) is 0 Å². The number of rotatable bonds is 2. The lowest BCUT2D eigenvalue weighted by Gasteiger charge is -2.06. The summed E-state index contributed by atoms with van der Waals surface area (Å²) in [6.07, 6.45) is 0. The third kappa shape index (κ3) is 2.74. The lowest BCUT2D eigenvalue weighted by molar-refractivity contribution is 0.669. The van der Waals surface area contributed by atoms with Crippen molar-refractivity contribution >= 4 is 45.1 Å². The largest absolute Gasteiger partial charge is 0.454 e. The molecule has 0 atom stereocenters. The number of nitrogens with zero attached hydrogens (tertiary/aromatic N) is 3. The second-order valence-electron chi connectivity index (χ2n) is 6.01. The van der Waals surface area contributed by atoms with E-state index in [0.29, 0.717) is 27.8 Å². The molecule has 0 unspecified atom stereocenters. The number of hydrogen-bond acceptors (Lipinski definition) is 4. The molecule has 0 N–H and O–H groups in total. The van der Waals surface area contributed by atoms with E-state index in [-0.39, 0.29) is 5.28 Å². The van der Waals surface area contributed by atoms with Crippen molar-refractivity contribution < 1.29 is 4.42 Å². The Hall–Kier alpha value is -2.95. The van der Waals surface area contributed by atoms with Gasteiger partial charge in [-0.1, -0.05) is 66.2 Å². The first-order chi connectivity index (χ1) is 13.2. The van der Waals surface area contributed by atoms with Crippen LogP contribution in [-0.2, 0) is 0 Å². The van der Waals surface area contributed by atoms with Crippen molar-refractivity contribution in [3.63, 3.8) is 0 Å². The fourth-order valence-electron chi connectivity index (χ4n) is 3.19. The molecule has 0 amide bonds. The van der Waals surface area contributed by atoms with Crippen LogP contribution in [0.25, 0.3) is 44.7 Å². The molecule has 2 heterocycles. The Morgan fingerprint density at radius 3 is 2.33 bits per heavy atom. The predicted octanol–water partition coefficient (Wildman–Crippen LogP) is 6.41. The molecule has 0 radical (unpaired) electrons. The Labute approximate surface area is 164 Å².